The third-order valence-corrected chi connectivity index (χ3v) is 6.45. The van der Waals surface area contributed by atoms with Gasteiger partial charge in [0.2, 0.25) is 5.82 Å². The van der Waals surface area contributed by atoms with Gasteiger partial charge in [-0.25, -0.2) is 13.4 Å². The van der Waals surface area contributed by atoms with E-state index >= 15 is 0 Å². The minimum Gasteiger partial charge on any atom is -0.454 e. The number of halogens is 3. The number of carbonyl (C=O) groups is 2. The molecule has 1 saturated heterocycles. The number of carbonyl (C=O) groups excluding carboxylic acids is 2. The molecule has 12 heteroatoms. The number of hydrogen-bond acceptors (Lipinski definition) is 6. The third-order valence-electron chi connectivity index (χ3n) is 4.70. The van der Waals surface area contributed by atoms with Gasteiger partial charge in [-0.2, -0.15) is 13.2 Å². The van der Waals surface area contributed by atoms with E-state index in [9.17, 15) is 31.2 Å². The van der Waals surface area contributed by atoms with E-state index in [0.29, 0.717) is 4.57 Å². The molecule has 0 bridgehead atoms. The van der Waals surface area contributed by atoms with E-state index in [-0.39, 0.29) is 29.0 Å². The molecule has 1 aliphatic rings. The van der Waals surface area contributed by atoms with Crippen LogP contribution in [0.15, 0.2) is 24.3 Å². The number of fused-ring (bicyclic) bond motifs is 1. The van der Waals surface area contributed by atoms with E-state index in [0.717, 1.165) is 0 Å². The van der Waals surface area contributed by atoms with Crippen molar-refractivity contribution in [2.24, 2.45) is 0 Å². The van der Waals surface area contributed by atoms with E-state index in [1.807, 2.05) is 0 Å². The second-order valence-electron chi connectivity index (χ2n) is 6.73. The van der Waals surface area contributed by atoms with Gasteiger partial charge in [-0.05, 0) is 18.6 Å². The average Bonchev–Trinajstić information content (AvgIpc) is 3.19. The van der Waals surface area contributed by atoms with Gasteiger partial charge in [-0.15, -0.1) is 0 Å². The number of para-hydroxylation sites is 2. The molecule has 1 aromatic carbocycles. The van der Waals surface area contributed by atoms with Gasteiger partial charge in [0.25, 0.3) is 5.91 Å². The van der Waals surface area contributed by atoms with Gasteiger partial charge in [0.05, 0.1) is 22.5 Å². The van der Waals surface area contributed by atoms with Crippen LogP contribution >= 0.6 is 0 Å². The number of likely N-dealkylation sites (N-methyl/N-ethyl adjacent to an activating group) is 1. The van der Waals surface area contributed by atoms with Crippen LogP contribution in [-0.2, 0) is 36.9 Å². The molecule has 2 heterocycles. The van der Waals surface area contributed by atoms with Gasteiger partial charge in [0.15, 0.2) is 16.4 Å². The molecule has 1 aromatic heterocycles. The summed E-state index contributed by atoms with van der Waals surface area (Å²) in [6.07, 6.45) is -4.49. The zero-order valence-electron chi connectivity index (χ0n) is 15.3. The van der Waals surface area contributed by atoms with Gasteiger partial charge in [-0.1, -0.05) is 12.1 Å². The zero-order valence-corrected chi connectivity index (χ0v) is 16.2. The highest BCUT2D eigenvalue weighted by Gasteiger charge is 2.38. The molecule has 1 amide bonds. The monoisotopic (exact) mass is 433 g/mol. The first-order chi connectivity index (χ1) is 13.5. The van der Waals surface area contributed by atoms with E-state index in [4.69, 9.17) is 4.74 Å². The SMILES string of the molecule is CN(C(=O)COC(=O)Cn1c(C(F)(F)F)nc2ccccc21)C1CCS(=O)(=O)C1. The highest BCUT2D eigenvalue weighted by molar-refractivity contribution is 7.91. The fourth-order valence-corrected chi connectivity index (χ4v) is 4.93. The summed E-state index contributed by atoms with van der Waals surface area (Å²) < 4.78 is 68.3. The van der Waals surface area contributed by atoms with E-state index < -0.39 is 52.9 Å². The largest absolute Gasteiger partial charge is 0.454 e. The Balaban J connectivity index is 1.66. The highest BCUT2D eigenvalue weighted by Crippen LogP contribution is 2.31. The van der Waals surface area contributed by atoms with Crippen LogP contribution in [0.3, 0.4) is 0 Å². The maximum Gasteiger partial charge on any atom is 0.449 e. The van der Waals surface area contributed by atoms with Gasteiger partial charge in [-0.3, -0.25) is 9.59 Å². The van der Waals surface area contributed by atoms with Crippen molar-refractivity contribution in [2.75, 3.05) is 25.2 Å². The van der Waals surface area contributed by atoms with Crippen LogP contribution in [0.4, 0.5) is 13.2 Å². The molecule has 1 aliphatic heterocycles. The highest BCUT2D eigenvalue weighted by atomic mass is 32.2. The number of ether oxygens (including phenoxy) is 1. The number of sulfone groups is 1. The molecule has 29 heavy (non-hydrogen) atoms. The third kappa shape index (κ3) is 4.69. The number of amides is 1. The van der Waals surface area contributed by atoms with Crippen molar-refractivity contribution < 1.29 is 35.9 Å². The number of imidazole rings is 1. The molecule has 0 N–H and O–H groups in total. The van der Waals surface area contributed by atoms with Gasteiger partial charge in [0, 0.05) is 13.1 Å². The maximum absolute atomic E-state index is 13.2. The molecule has 158 valence electrons. The summed E-state index contributed by atoms with van der Waals surface area (Å²) in [5.74, 6) is -3.11. The lowest BCUT2D eigenvalue weighted by Crippen LogP contribution is -2.40. The maximum atomic E-state index is 13.2. The van der Waals surface area contributed by atoms with Crippen molar-refractivity contribution in [3.63, 3.8) is 0 Å². The number of alkyl halides is 3. The minimum absolute atomic E-state index is 0.0248. The fraction of sp³-hybridized carbons (Fsp3) is 0.471. The van der Waals surface area contributed by atoms with Crippen LogP contribution in [0.1, 0.15) is 12.2 Å². The van der Waals surface area contributed by atoms with Crippen LogP contribution in [0.5, 0.6) is 0 Å². The average molecular weight is 433 g/mol. The molecule has 1 fully saturated rings. The molecule has 1 unspecified atom stereocenters. The number of aromatic nitrogens is 2. The van der Waals surface area contributed by atoms with Crippen LogP contribution in [0.2, 0.25) is 0 Å². The molecular weight excluding hydrogens is 415 g/mol. The Morgan fingerprint density at radius 1 is 1.31 bits per heavy atom. The smallest absolute Gasteiger partial charge is 0.449 e. The number of benzene rings is 1. The van der Waals surface area contributed by atoms with Crippen molar-refractivity contribution in [1.82, 2.24) is 14.5 Å². The summed E-state index contributed by atoms with van der Waals surface area (Å²) >= 11 is 0. The lowest BCUT2D eigenvalue weighted by Gasteiger charge is -2.23. The van der Waals surface area contributed by atoms with Crippen molar-refractivity contribution in [2.45, 2.75) is 25.2 Å². The van der Waals surface area contributed by atoms with Gasteiger partial charge in [0.1, 0.15) is 6.54 Å². The lowest BCUT2D eigenvalue weighted by atomic mass is 10.2. The summed E-state index contributed by atoms with van der Waals surface area (Å²) in [7, 11) is -1.80. The second-order valence-corrected chi connectivity index (χ2v) is 8.96. The molecule has 0 radical (unpaired) electrons. The van der Waals surface area contributed by atoms with Gasteiger partial charge >= 0.3 is 12.1 Å². The second kappa shape index (κ2) is 7.65. The predicted molar refractivity (Wildman–Crippen MR) is 95.5 cm³/mol. The van der Waals surface area contributed by atoms with Gasteiger partial charge < -0.3 is 14.2 Å². The summed E-state index contributed by atoms with van der Waals surface area (Å²) in [4.78, 5) is 28.9. The molecule has 0 saturated carbocycles. The quantitative estimate of drug-likeness (QED) is 0.658. The standard InChI is InChI=1S/C17H18F3N3O5S/c1-22(11-6-7-29(26,27)10-11)14(24)9-28-15(25)8-23-13-5-3-2-4-12(13)21-16(23)17(18,19)20/h2-5,11H,6-10H2,1H3. The molecule has 2 aromatic rings. The van der Waals surface area contributed by atoms with E-state index in [1.165, 1.54) is 36.2 Å². The first-order valence-corrected chi connectivity index (χ1v) is 10.4. The molecule has 3 rings (SSSR count). The molecule has 8 nitrogen and oxygen atoms in total. The summed E-state index contributed by atoms with van der Waals surface area (Å²) in [5, 5.41) is 0. The Hall–Kier alpha value is -2.63. The van der Waals surface area contributed by atoms with E-state index in [2.05, 4.69) is 4.98 Å². The van der Waals surface area contributed by atoms with Crippen LogP contribution < -0.4 is 0 Å². The zero-order chi connectivity index (χ0) is 21.4. The minimum atomic E-state index is -4.77. The number of rotatable bonds is 5. The fourth-order valence-electron chi connectivity index (χ4n) is 3.16. The van der Waals surface area contributed by atoms with Crippen LogP contribution in [0.25, 0.3) is 11.0 Å². The normalized spacial score (nSPS) is 18.7. The molecular formula is C17H18F3N3O5S. The Labute approximate surface area is 164 Å². The van der Waals surface area contributed by atoms with Crippen LogP contribution in [0, 0.1) is 0 Å². The van der Waals surface area contributed by atoms with Crippen molar-refractivity contribution in [3.8, 4) is 0 Å². The first kappa shape index (κ1) is 21.1. The lowest BCUT2D eigenvalue weighted by molar-refractivity contribution is -0.155. The summed E-state index contributed by atoms with van der Waals surface area (Å²) in [5.41, 5.74) is 0.183. The molecule has 1 atom stereocenters. The topological polar surface area (TPSA) is 98.6 Å². The Kier molecular flexibility index (Phi) is 5.57. The van der Waals surface area contributed by atoms with Crippen molar-refractivity contribution in [3.05, 3.63) is 30.1 Å². The first-order valence-electron chi connectivity index (χ1n) is 8.62. The molecule has 0 spiro atoms. The summed E-state index contributed by atoms with van der Waals surface area (Å²) in [6, 6.07) is 5.31. The summed E-state index contributed by atoms with van der Waals surface area (Å²) in [6.45, 7) is -1.47. The Bertz CT molecular complexity index is 1050. The number of hydrogen-bond donors (Lipinski definition) is 0. The van der Waals surface area contributed by atoms with E-state index in [1.54, 1.807) is 0 Å². The predicted octanol–water partition coefficient (Wildman–Crippen LogP) is 1.24. The van der Waals surface area contributed by atoms with Crippen LogP contribution in [-0.4, -0.2) is 65.9 Å². The number of esters is 1. The Morgan fingerprint density at radius 3 is 2.62 bits per heavy atom. The van der Waals surface area contributed by atoms with Crippen molar-refractivity contribution in [1.29, 1.82) is 0 Å². The van der Waals surface area contributed by atoms with Crippen molar-refractivity contribution >= 4 is 32.7 Å². The Morgan fingerprint density at radius 2 is 2.00 bits per heavy atom. The number of nitrogens with zero attached hydrogens (tertiary/aromatic N) is 3. The molecule has 0 aliphatic carbocycles.